The molecule has 1 aromatic carbocycles. The van der Waals surface area contributed by atoms with Crippen LogP contribution in [0.15, 0.2) is 54.9 Å². The normalized spacial score (nSPS) is 10.5. The van der Waals surface area contributed by atoms with Gasteiger partial charge in [0.2, 0.25) is 5.88 Å². The van der Waals surface area contributed by atoms with Crippen LogP contribution in [0.4, 0.5) is 5.82 Å². The van der Waals surface area contributed by atoms with Crippen LogP contribution < -0.4 is 10.5 Å². The van der Waals surface area contributed by atoms with E-state index >= 15 is 0 Å². The van der Waals surface area contributed by atoms with Crippen molar-refractivity contribution in [3.05, 3.63) is 60.4 Å². The number of hydrogen-bond donors (Lipinski definition) is 1. The van der Waals surface area contributed by atoms with Gasteiger partial charge in [0.15, 0.2) is 0 Å². The third-order valence-corrected chi connectivity index (χ3v) is 3.56. The number of anilines is 1. The molecular weight excluding hydrogens is 274 g/mol. The molecule has 110 valence electrons. The second-order valence-corrected chi connectivity index (χ2v) is 5.11. The fraction of sp³-hybridized carbons (Fsp3) is 0.111. The monoisotopic (exact) mass is 291 g/mol. The summed E-state index contributed by atoms with van der Waals surface area (Å²) < 4.78 is 5.08. The zero-order valence-electron chi connectivity index (χ0n) is 12.6. The van der Waals surface area contributed by atoms with Gasteiger partial charge in [-0.15, -0.1) is 0 Å². The van der Waals surface area contributed by atoms with Crippen LogP contribution in [-0.2, 0) is 0 Å². The van der Waals surface area contributed by atoms with Crippen LogP contribution >= 0.6 is 0 Å². The predicted molar refractivity (Wildman–Crippen MR) is 88.6 cm³/mol. The molecule has 0 aliphatic carbocycles. The maximum absolute atomic E-state index is 6.04. The van der Waals surface area contributed by atoms with Crippen LogP contribution in [0.1, 0.15) is 5.56 Å². The molecule has 2 N–H and O–H groups in total. The zero-order chi connectivity index (χ0) is 15.5. The van der Waals surface area contributed by atoms with Gasteiger partial charge in [0.1, 0.15) is 5.82 Å². The molecule has 3 rings (SSSR count). The fourth-order valence-corrected chi connectivity index (χ4v) is 2.27. The van der Waals surface area contributed by atoms with E-state index < -0.39 is 0 Å². The van der Waals surface area contributed by atoms with E-state index in [2.05, 4.69) is 41.2 Å². The van der Waals surface area contributed by atoms with Crippen molar-refractivity contribution in [1.29, 1.82) is 0 Å². The largest absolute Gasteiger partial charge is 0.481 e. The van der Waals surface area contributed by atoms with E-state index in [9.17, 15) is 0 Å². The first-order chi connectivity index (χ1) is 10.7. The lowest BCUT2D eigenvalue weighted by atomic mass is 10.0. The van der Waals surface area contributed by atoms with Crippen molar-refractivity contribution < 1.29 is 4.74 Å². The summed E-state index contributed by atoms with van der Waals surface area (Å²) >= 11 is 0. The standard InChI is InChI=1S/C18H17N3O/c1-12-3-5-13(6-4-12)16-9-15(11-21-18(16)19)14-7-8-17(22-2)20-10-14/h3-11H,1-2H3,(H2,19,21). The fourth-order valence-electron chi connectivity index (χ4n) is 2.27. The van der Waals surface area contributed by atoms with Crippen molar-refractivity contribution in [2.45, 2.75) is 6.92 Å². The first-order valence-electron chi connectivity index (χ1n) is 7.00. The Bertz CT molecular complexity index is 780. The van der Waals surface area contributed by atoms with Gasteiger partial charge < -0.3 is 10.5 Å². The quantitative estimate of drug-likeness (QED) is 0.799. The summed E-state index contributed by atoms with van der Waals surface area (Å²) in [6.45, 7) is 2.06. The number of nitrogens with zero attached hydrogens (tertiary/aromatic N) is 2. The molecule has 0 unspecified atom stereocenters. The van der Waals surface area contributed by atoms with Gasteiger partial charge in [0, 0.05) is 35.2 Å². The van der Waals surface area contributed by atoms with E-state index in [1.54, 1.807) is 19.5 Å². The Labute approximate surface area is 129 Å². The minimum Gasteiger partial charge on any atom is -0.481 e. The predicted octanol–water partition coefficient (Wildman–Crippen LogP) is 3.71. The Balaban J connectivity index is 2.03. The third kappa shape index (κ3) is 2.76. The van der Waals surface area contributed by atoms with Crippen molar-refractivity contribution in [2.24, 2.45) is 0 Å². The van der Waals surface area contributed by atoms with Gasteiger partial charge in [-0.05, 0) is 24.6 Å². The van der Waals surface area contributed by atoms with Crippen LogP contribution in [0.25, 0.3) is 22.3 Å². The molecule has 4 heteroatoms. The highest BCUT2D eigenvalue weighted by molar-refractivity contribution is 5.79. The summed E-state index contributed by atoms with van der Waals surface area (Å²) in [5.41, 5.74) is 11.2. The first-order valence-corrected chi connectivity index (χ1v) is 7.00. The second kappa shape index (κ2) is 5.85. The maximum atomic E-state index is 6.04. The third-order valence-electron chi connectivity index (χ3n) is 3.56. The topological polar surface area (TPSA) is 61.0 Å². The van der Waals surface area contributed by atoms with Crippen molar-refractivity contribution in [1.82, 2.24) is 9.97 Å². The van der Waals surface area contributed by atoms with E-state index in [0.29, 0.717) is 11.7 Å². The van der Waals surface area contributed by atoms with E-state index in [1.807, 2.05) is 18.2 Å². The van der Waals surface area contributed by atoms with E-state index in [1.165, 1.54) is 5.56 Å². The SMILES string of the molecule is COc1ccc(-c2cnc(N)c(-c3ccc(C)cc3)c2)cn1. The number of nitrogens with two attached hydrogens (primary N) is 1. The van der Waals surface area contributed by atoms with Gasteiger partial charge in [0.25, 0.3) is 0 Å². The molecular formula is C18H17N3O. The molecule has 0 amide bonds. The molecule has 22 heavy (non-hydrogen) atoms. The molecule has 2 heterocycles. The molecule has 0 bridgehead atoms. The molecule has 0 radical (unpaired) electrons. The Morgan fingerprint density at radius 1 is 0.864 bits per heavy atom. The molecule has 4 nitrogen and oxygen atoms in total. The lowest BCUT2D eigenvalue weighted by Gasteiger charge is -2.09. The van der Waals surface area contributed by atoms with Crippen molar-refractivity contribution >= 4 is 5.82 Å². The summed E-state index contributed by atoms with van der Waals surface area (Å²) in [5, 5.41) is 0. The number of pyridine rings is 2. The minimum absolute atomic E-state index is 0.522. The van der Waals surface area contributed by atoms with Gasteiger partial charge in [-0.25, -0.2) is 9.97 Å². The molecule has 0 atom stereocenters. The second-order valence-electron chi connectivity index (χ2n) is 5.11. The number of nitrogen functional groups attached to an aromatic ring is 1. The number of methoxy groups -OCH3 is 1. The lowest BCUT2D eigenvalue weighted by Crippen LogP contribution is -1.95. The van der Waals surface area contributed by atoms with Gasteiger partial charge >= 0.3 is 0 Å². The molecule has 0 saturated heterocycles. The summed E-state index contributed by atoms with van der Waals surface area (Å²) in [7, 11) is 1.60. The molecule has 0 saturated carbocycles. The number of ether oxygens (including phenoxy) is 1. The van der Waals surface area contributed by atoms with E-state index in [4.69, 9.17) is 10.5 Å². The smallest absolute Gasteiger partial charge is 0.212 e. The van der Waals surface area contributed by atoms with Crippen LogP contribution in [0, 0.1) is 6.92 Å². The Morgan fingerprint density at radius 3 is 2.18 bits per heavy atom. The van der Waals surface area contributed by atoms with Gasteiger partial charge in [-0.1, -0.05) is 29.8 Å². The summed E-state index contributed by atoms with van der Waals surface area (Å²) in [6.07, 6.45) is 3.53. The van der Waals surface area contributed by atoms with Crippen molar-refractivity contribution in [3.8, 4) is 28.1 Å². The highest BCUT2D eigenvalue weighted by Crippen LogP contribution is 2.29. The van der Waals surface area contributed by atoms with Crippen molar-refractivity contribution in [3.63, 3.8) is 0 Å². The first kappa shape index (κ1) is 14.1. The van der Waals surface area contributed by atoms with Gasteiger partial charge in [-0.3, -0.25) is 0 Å². The molecule has 0 fully saturated rings. The van der Waals surface area contributed by atoms with Crippen LogP contribution in [0.2, 0.25) is 0 Å². The summed E-state index contributed by atoms with van der Waals surface area (Å²) in [5.74, 6) is 1.11. The number of rotatable bonds is 3. The average Bonchev–Trinajstić information content (AvgIpc) is 2.56. The van der Waals surface area contributed by atoms with Crippen LogP contribution in [0.5, 0.6) is 5.88 Å². The zero-order valence-corrected chi connectivity index (χ0v) is 12.6. The Kier molecular flexibility index (Phi) is 3.74. The van der Waals surface area contributed by atoms with Gasteiger partial charge in [-0.2, -0.15) is 0 Å². The molecule has 2 aromatic heterocycles. The Morgan fingerprint density at radius 2 is 1.55 bits per heavy atom. The van der Waals surface area contributed by atoms with E-state index in [-0.39, 0.29) is 0 Å². The van der Waals surface area contributed by atoms with Gasteiger partial charge in [0.05, 0.1) is 7.11 Å². The molecule has 0 aliphatic rings. The molecule has 3 aromatic rings. The van der Waals surface area contributed by atoms with Crippen molar-refractivity contribution in [2.75, 3.05) is 12.8 Å². The Hall–Kier alpha value is -2.88. The number of aromatic nitrogens is 2. The summed E-state index contributed by atoms with van der Waals surface area (Å²) in [4.78, 5) is 8.54. The highest BCUT2D eigenvalue weighted by Gasteiger charge is 2.07. The maximum Gasteiger partial charge on any atom is 0.212 e. The van der Waals surface area contributed by atoms with Crippen LogP contribution in [-0.4, -0.2) is 17.1 Å². The number of benzene rings is 1. The highest BCUT2D eigenvalue weighted by atomic mass is 16.5. The number of hydrogen-bond acceptors (Lipinski definition) is 4. The number of aryl methyl sites for hydroxylation is 1. The molecule has 0 spiro atoms. The van der Waals surface area contributed by atoms with Crippen LogP contribution in [0.3, 0.4) is 0 Å². The van der Waals surface area contributed by atoms with E-state index in [0.717, 1.165) is 22.3 Å². The summed E-state index contributed by atoms with van der Waals surface area (Å²) in [6, 6.07) is 14.1. The lowest BCUT2D eigenvalue weighted by molar-refractivity contribution is 0.398. The average molecular weight is 291 g/mol. The minimum atomic E-state index is 0.522. The molecule has 0 aliphatic heterocycles.